The van der Waals surface area contributed by atoms with Crippen LogP contribution in [0.15, 0.2) is 138 Å². The van der Waals surface area contributed by atoms with Gasteiger partial charge in [-0.05, 0) is 74.8 Å². The van der Waals surface area contributed by atoms with Crippen LogP contribution in [0, 0.1) is 0 Å². The molecule has 0 amide bonds. The van der Waals surface area contributed by atoms with Crippen molar-refractivity contribution in [3.8, 4) is 44.6 Å². The fourth-order valence-electron chi connectivity index (χ4n) is 7.20. The molecule has 0 fully saturated rings. The van der Waals surface area contributed by atoms with Crippen LogP contribution in [0.25, 0.3) is 86.9 Å². The van der Waals surface area contributed by atoms with Crippen LogP contribution < -0.4 is 0 Å². The third-order valence-corrected chi connectivity index (χ3v) is 10.7. The zero-order valence-corrected chi connectivity index (χ0v) is 26.2. The summed E-state index contributed by atoms with van der Waals surface area (Å²) < 4.78 is 67.3. The molecule has 0 atom stereocenters. The van der Waals surface area contributed by atoms with Gasteiger partial charge in [0.2, 0.25) is 0 Å². The highest BCUT2D eigenvalue weighted by molar-refractivity contribution is 7.26. The van der Waals surface area contributed by atoms with E-state index in [1.165, 1.54) is 28.6 Å². The van der Waals surface area contributed by atoms with Gasteiger partial charge in [0.15, 0.2) is 5.58 Å². The van der Waals surface area contributed by atoms with Gasteiger partial charge in [-0.1, -0.05) is 111 Å². The van der Waals surface area contributed by atoms with E-state index in [0.29, 0.717) is 48.5 Å². The van der Waals surface area contributed by atoms with Crippen LogP contribution in [-0.2, 0) is 5.41 Å². The number of nitrogens with zero attached hydrogens (tertiary/aromatic N) is 2. The summed E-state index contributed by atoms with van der Waals surface area (Å²) in [5.74, 6) is 0. The number of hydrogen-bond acceptors (Lipinski definition) is 4. The average Bonchev–Trinajstić information content (AvgIpc) is 3.84. The largest absolute Gasteiger partial charge is 0.452 e. The standard InChI is InChI=1S/C43H28N2OS/c1-43(2)35-15-5-3-11-30(35)31-19-17-26(23-36(31)43)25-18-20-37-34(22-25)40-41(46-37)39(44-24-45-40)28-10-7-9-27(21-28)29-13-8-14-33-32-12-4-6-16-38(32)47-42(29)33/h3-24H,1-2H3/i4D,6D,8D,12D,13D,14D,16D. The summed E-state index contributed by atoms with van der Waals surface area (Å²) in [6.07, 6.45) is 1.51. The van der Waals surface area contributed by atoms with Gasteiger partial charge in [-0.3, -0.25) is 0 Å². The molecule has 0 unspecified atom stereocenters. The lowest BCUT2D eigenvalue weighted by molar-refractivity contribution is 0.660. The highest BCUT2D eigenvalue weighted by Gasteiger charge is 2.35. The first kappa shape index (κ1) is 20.5. The van der Waals surface area contributed by atoms with Gasteiger partial charge in [-0.25, -0.2) is 9.97 Å². The average molecular weight is 628 g/mol. The number of thiophene rings is 1. The Balaban J connectivity index is 1.11. The zero-order valence-electron chi connectivity index (χ0n) is 32.4. The molecule has 0 saturated heterocycles. The van der Waals surface area contributed by atoms with Crippen molar-refractivity contribution in [3.63, 3.8) is 0 Å². The molecule has 0 radical (unpaired) electrons. The lowest BCUT2D eigenvalue weighted by Gasteiger charge is -2.22. The van der Waals surface area contributed by atoms with E-state index in [1.807, 2.05) is 30.3 Å². The second-order valence-corrected chi connectivity index (χ2v) is 13.5. The van der Waals surface area contributed by atoms with E-state index in [1.54, 1.807) is 0 Å². The van der Waals surface area contributed by atoms with Gasteiger partial charge in [-0.2, -0.15) is 0 Å². The normalized spacial score (nSPS) is 15.6. The van der Waals surface area contributed by atoms with Crippen LogP contribution in [0.3, 0.4) is 0 Å². The summed E-state index contributed by atoms with van der Waals surface area (Å²) in [5, 5.41) is 1.30. The van der Waals surface area contributed by atoms with Gasteiger partial charge < -0.3 is 4.42 Å². The van der Waals surface area contributed by atoms with Crippen LogP contribution in [0.2, 0.25) is 0 Å². The molecule has 0 spiro atoms. The predicted octanol–water partition coefficient (Wildman–Crippen LogP) is 12.1. The second kappa shape index (κ2) is 9.71. The molecule has 6 aromatic carbocycles. The number of fused-ring (bicyclic) bond motifs is 9. The summed E-state index contributed by atoms with van der Waals surface area (Å²) in [5.41, 5.74) is 11.3. The molecule has 222 valence electrons. The molecule has 47 heavy (non-hydrogen) atoms. The third kappa shape index (κ3) is 3.85. The Morgan fingerprint density at radius 1 is 0.638 bits per heavy atom. The first-order valence-corrected chi connectivity index (χ1v) is 16.2. The van der Waals surface area contributed by atoms with Gasteiger partial charge in [0, 0.05) is 36.5 Å². The fraction of sp³-hybridized carbons (Fsp3) is 0.0698. The molecule has 10 rings (SSSR count). The lowest BCUT2D eigenvalue weighted by atomic mass is 9.81. The maximum atomic E-state index is 8.98. The Morgan fingerprint density at radius 3 is 2.40 bits per heavy atom. The highest BCUT2D eigenvalue weighted by atomic mass is 32.1. The van der Waals surface area contributed by atoms with Crippen molar-refractivity contribution >= 4 is 53.6 Å². The maximum absolute atomic E-state index is 8.98. The van der Waals surface area contributed by atoms with E-state index in [4.69, 9.17) is 14.0 Å². The van der Waals surface area contributed by atoms with Crippen molar-refractivity contribution < 1.29 is 14.0 Å². The number of rotatable bonds is 3. The molecule has 1 aliphatic rings. The van der Waals surface area contributed by atoms with Crippen molar-refractivity contribution in [2.75, 3.05) is 0 Å². The van der Waals surface area contributed by atoms with E-state index in [0.717, 1.165) is 27.8 Å². The maximum Gasteiger partial charge on any atom is 0.180 e. The molecule has 0 aliphatic heterocycles. The van der Waals surface area contributed by atoms with Crippen molar-refractivity contribution in [1.82, 2.24) is 9.97 Å². The molecule has 0 bridgehead atoms. The Kier molecular flexibility index (Phi) is 4.24. The summed E-state index contributed by atoms with van der Waals surface area (Å²) in [7, 11) is 0. The lowest BCUT2D eigenvalue weighted by Crippen LogP contribution is -2.14. The van der Waals surface area contributed by atoms with Crippen LogP contribution in [0.4, 0.5) is 0 Å². The van der Waals surface area contributed by atoms with Gasteiger partial charge in [0.05, 0.1) is 9.60 Å². The smallest absolute Gasteiger partial charge is 0.180 e. The quantitative estimate of drug-likeness (QED) is 0.196. The van der Waals surface area contributed by atoms with E-state index in [2.05, 4.69) is 78.4 Å². The van der Waals surface area contributed by atoms with Crippen LogP contribution in [0.5, 0.6) is 0 Å². The monoisotopic (exact) mass is 627 g/mol. The number of furan rings is 1. The molecule has 0 N–H and O–H groups in total. The summed E-state index contributed by atoms with van der Waals surface area (Å²) in [6, 6.07) is 26.9. The second-order valence-electron chi connectivity index (χ2n) is 12.5. The van der Waals surface area contributed by atoms with Gasteiger partial charge in [-0.15, -0.1) is 11.3 Å². The van der Waals surface area contributed by atoms with Crippen LogP contribution >= 0.6 is 11.3 Å². The van der Waals surface area contributed by atoms with E-state index < -0.39 is 6.04 Å². The summed E-state index contributed by atoms with van der Waals surface area (Å²) in [4.78, 5) is 9.31. The fourth-order valence-corrected chi connectivity index (χ4v) is 8.29. The van der Waals surface area contributed by atoms with Crippen molar-refractivity contribution in [3.05, 3.63) is 145 Å². The number of hydrogen-bond donors (Lipinski definition) is 0. The molecule has 1 aliphatic carbocycles. The number of benzene rings is 6. The van der Waals surface area contributed by atoms with E-state index in [-0.39, 0.29) is 52.4 Å². The van der Waals surface area contributed by atoms with E-state index >= 15 is 0 Å². The predicted molar refractivity (Wildman–Crippen MR) is 196 cm³/mol. The highest BCUT2D eigenvalue weighted by Crippen LogP contribution is 2.50. The van der Waals surface area contributed by atoms with Crippen molar-refractivity contribution in [2.45, 2.75) is 19.3 Å². The summed E-state index contributed by atoms with van der Waals surface area (Å²) in [6.45, 7) is 4.55. The van der Waals surface area contributed by atoms with Crippen molar-refractivity contribution in [1.29, 1.82) is 0 Å². The van der Waals surface area contributed by atoms with Gasteiger partial charge in [0.1, 0.15) is 23.1 Å². The molecule has 4 heteroatoms. The van der Waals surface area contributed by atoms with Crippen LogP contribution in [-0.4, -0.2) is 9.97 Å². The first-order chi connectivity index (χ1) is 26.0. The van der Waals surface area contributed by atoms with Gasteiger partial charge in [0.25, 0.3) is 0 Å². The molecule has 0 saturated carbocycles. The third-order valence-electron chi connectivity index (χ3n) is 9.53. The Bertz CT molecular complexity index is 3130. The molecular weight excluding hydrogens is 593 g/mol. The Labute approximate surface area is 285 Å². The van der Waals surface area contributed by atoms with E-state index in [9.17, 15) is 0 Å². The molecular formula is C43H28N2OS. The molecule has 3 nitrogen and oxygen atoms in total. The molecule has 3 aromatic heterocycles. The minimum atomic E-state index is -0.399. The van der Waals surface area contributed by atoms with Crippen LogP contribution in [0.1, 0.15) is 34.6 Å². The van der Waals surface area contributed by atoms with Gasteiger partial charge >= 0.3 is 0 Å². The van der Waals surface area contributed by atoms with Crippen molar-refractivity contribution in [2.24, 2.45) is 0 Å². The minimum absolute atomic E-state index is 0.119. The SMILES string of the molecule is [2H]c1c([2H])c([2H])c2c(sc3c(-c4cccc(-c5ncnc6c5oc5ccc(-c7ccc8c(c7)C(C)(C)c7ccccc7-8)cc56)c4)c([2H])c([2H])c([2H])c32)c1[2H]. The molecule has 3 heterocycles. The summed E-state index contributed by atoms with van der Waals surface area (Å²) >= 11 is 1.12. The topological polar surface area (TPSA) is 38.9 Å². The Hall–Kier alpha value is -5.58. The number of aromatic nitrogens is 2. The minimum Gasteiger partial charge on any atom is -0.452 e. The zero-order chi connectivity index (χ0) is 37.4. The Morgan fingerprint density at radius 2 is 1.45 bits per heavy atom. The molecule has 9 aromatic rings. The first-order valence-electron chi connectivity index (χ1n) is 18.9.